The molecule has 0 bridgehead atoms. The molecule has 5 nitrogen and oxygen atoms in total. The van der Waals surface area contributed by atoms with Gasteiger partial charge in [0, 0.05) is 11.6 Å². The highest BCUT2D eigenvalue weighted by molar-refractivity contribution is 7.89. The molecular weight excluding hydrogens is 338 g/mol. The molecule has 0 amide bonds. The Morgan fingerprint density at radius 1 is 1.13 bits per heavy atom. The van der Waals surface area contributed by atoms with Crippen LogP contribution in [0.25, 0.3) is 0 Å². The van der Waals surface area contributed by atoms with Crippen LogP contribution in [0.2, 0.25) is 5.02 Å². The monoisotopic (exact) mass is 353 g/mol. The lowest BCUT2D eigenvalue weighted by Crippen LogP contribution is -2.26. The first-order valence-electron chi connectivity index (χ1n) is 7.10. The number of hydrogen-bond donors (Lipinski definition) is 1. The molecule has 0 unspecified atom stereocenters. The molecule has 122 valence electrons. The molecule has 0 aliphatic carbocycles. The Morgan fingerprint density at radius 3 is 2.70 bits per heavy atom. The largest absolute Gasteiger partial charge is 0.454 e. The molecule has 0 fully saturated rings. The van der Waals surface area contributed by atoms with Crippen LogP contribution in [0.3, 0.4) is 0 Å². The van der Waals surface area contributed by atoms with Crippen molar-refractivity contribution in [1.82, 2.24) is 4.72 Å². The minimum atomic E-state index is -3.57. The van der Waals surface area contributed by atoms with Crippen molar-refractivity contribution in [2.75, 3.05) is 13.3 Å². The third-order valence-corrected chi connectivity index (χ3v) is 5.46. The predicted molar refractivity (Wildman–Crippen MR) is 87.6 cm³/mol. The van der Waals surface area contributed by atoms with Crippen molar-refractivity contribution in [3.05, 3.63) is 52.5 Å². The SMILES string of the molecule is Cc1ccc(S(=O)(=O)NCCc2ccc3c(c2)OCO3)cc1Cl. The molecule has 2 aromatic carbocycles. The number of halogens is 1. The van der Waals surface area contributed by atoms with Gasteiger partial charge in [0.1, 0.15) is 0 Å². The van der Waals surface area contributed by atoms with Crippen LogP contribution in [0.15, 0.2) is 41.3 Å². The average Bonchev–Trinajstić information content (AvgIpc) is 2.97. The third kappa shape index (κ3) is 3.60. The summed E-state index contributed by atoms with van der Waals surface area (Å²) in [6, 6.07) is 10.3. The van der Waals surface area contributed by atoms with E-state index in [0.29, 0.717) is 22.9 Å². The number of hydrogen-bond acceptors (Lipinski definition) is 4. The zero-order chi connectivity index (χ0) is 16.4. The Hall–Kier alpha value is -1.76. The van der Waals surface area contributed by atoms with E-state index in [1.54, 1.807) is 12.1 Å². The summed E-state index contributed by atoms with van der Waals surface area (Å²) in [5.41, 5.74) is 1.81. The molecule has 1 heterocycles. The van der Waals surface area contributed by atoms with E-state index in [0.717, 1.165) is 11.1 Å². The van der Waals surface area contributed by atoms with Crippen molar-refractivity contribution >= 4 is 21.6 Å². The minimum absolute atomic E-state index is 0.166. The standard InChI is InChI=1S/C16H16ClNO4S/c1-11-2-4-13(9-14(11)17)23(19,20)18-7-6-12-3-5-15-16(8-12)22-10-21-15/h2-5,8-9,18H,6-7,10H2,1H3. The van der Waals surface area contributed by atoms with E-state index in [4.69, 9.17) is 21.1 Å². The van der Waals surface area contributed by atoms with Crippen molar-refractivity contribution in [3.8, 4) is 11.5 Å². The summed E-state index contributed by atoms with van der Waals surface area (Å²) < 4.78 is 37.6. The van der Waals surface area contributed by atoms with Gasteiger partial charge in [0.25, 0.3) is 0 Å². The Bertz CT molecular complexity index is 836. The molecular formula is C16H16ClNO4S. The molecule has 0 aromatic heterocycles. The summed E-state index contributed by atoms with van der Waals surface area (Å²) in [6.45, 7) is 2.33. The van der Waals surface area contributed by atoms with Gasteiger partial charge in [0.05, 0.1) is 4.90 Å². The lowest BCUT2D eigenvalue weighted by atomic mass is 10.1. The van der Waals surface area contributed by atoms with Gasteiger partial charge in [0.15, 0.2) is 11.5 Å². The molecule has 0 spiro atoms. The van der Waals surface area contributed by atoms with Gasteiger partial charge < -0.3 is 9.47 Å². The molecule has 0 saturated carbocycles. The number of sulfonamides is 1. The van der Waals surface area contributed by atoms with Crippen molar-refractivity contribution < 1.29 is 17.9 Å². The maximum atomic E-state index is 12.3. The summed E-state index contributed by atoms with van der Waals surface area (Å²) in [6.07, 6.45) is 0.551. The van der Waals surface area contributed by atoms with Crippen LogP contribution in [0.1, 0.15) is 11.1 Å². The Kier molecular flexibility index (Phi) is 4.48. The van der Waals surface area contributed by atoms with Gasteiger partial charge in [-0.1, -0.05) is 23.7 Å². The quantitative estimate of drug-likeness (QED) is 0.897. The van der Waals surface area contributed by atoms with Crippen LogP contribution >= 0.6 is 11.6 Å². The Morgan fingerprint density at radius 2 is 1.91 bits per heavy atom. The second kappa shape index (κ2) is 6.39. The van der Waals surface area contributed by atoms with E-state index in [9.17, 15) is 8.42 Å². The third-order valence-electron chi connectivity index (χ3n) is 3.60. The first kappa shape index (κ1) is 16.1. The Balaban J connectivity index is 1.64. The van der Waals surface area contributed by atoms with Gasteiger partial charge in [-0.15, -0.1) is 0 Å². The summed E-state index contributed by atoms with van der Waals surface area (Å²) in [5, 5.41) is 0.434. The van der Waals surface area contributed by atoms with Crippen molar-refractivity contribution in [2.45, 2.75) is 18.2 Å². The van der Waals surface area contributed by atoms with E-state index in [1.165, 1.54) is 6.07 Å². The number of fused-ring (bicyclic) bond motifs is 1. The van der Waals surface area contributed by atoms with Crippen LogP contribution in [0.4, 0.5) is 0 Å². The summed E-state index contributed by atoms with van der Waals surface area (Å²) in [4.78, 5) is 0.166. The number of nitrogens with one attached hydrogen (secondary N) is 1. The van der Waals surface area contributed by atoms with Crippen molar-refractivity contribution in [3.63, 3.8) is 0 Å². The molecule has 0 radical (unpaired) electrons. The number of aryl methyl sites for hydroxylation is 1. The fourth-order valence-electron chi connectivity index (χ4n) is 2.25. The lowest BCUT2D eigenvalue weighted by Gasteiger charge is -2.08. The van der Waals surface area contributed by atoms with Gasteiger partial charge in [-0.25, -0.2) is 13.1 Å². The summed E-state index contributed by atoms with van der Waals surface area (Å²) in [7, 11) is -3.57. The van der Waals surface area contributed by atoms with Crippen LogP contribution in [0.5, 0.6) is 11.5 Å². The average molecular weight is 354 g/mol. The van der Waals surface area contributed by atoms with Crippen molar-refractivity contribution in [1.29, 1.82) is 0 Å². The molecule has 1 aliphatic rings. The molecule has 3 rings (SSSR count). The summed E-state index contributed by atoms with van der Waals surface area (Å²) >= 11 is 5.99. The fraction of sp³-hybridized carbons (Fsp3) is 0.250. The molecule has 1 N–H and O–H groups in total. The maximum Gasteiger partial charge on any atom is 0.240 e. The van der Waals surface area contributed by atoms with Gasteiger partial charge >= 0.3 is 0 Å². The van der Waals surface area contributed by atoms with Crippen molar-refractivity contribution in [2.24, 2.45) is 0 Å². The normalized spacial score (nSPS) is 13.3. The van der Waals surface area contributed by atoms with E-state index in [1.807, 2.05) is 25.1 Å². The van der Waals surface area contributed by atoms with Crippen LogP contribution in [-0.4, -0.2) is 21.8 Å². The highest BCUT2D eigenvalue weighted by Gasteiger charge is 2.16. The number of ether oxygens (including phenoxy) is 2. The lowest BCUT2D eigenvalue weighted by molar-refractivity contribution is 0.174. The maximum absolute atomic E-state index is 12.3. The molecule has 0 atom stereocenters. The van der Waals surface area contributed by atoms with E-state index in [-0.39, 0.29) is 18.2 Å². The van der Waals surface area contributed by atoms with E-state index < -0.39 is 10.0 Å². The molecule has 2 aromatic rings. The van der Waals surface area contributed by atoms with Crippen LogP contribution in [0, 0.1) is 6.92 Å². The minimum Gasteiger partial charge on any atom is -0.454 e. The number of rotatable bonds is 5. The Labute approximate surface area is 140 Å². The predicted octanol–water partition coefficient (Wildman–Crippen LogP) is 2.90. The fourth-order valence-corrected chi connectivity index (χ4v) is 3.55. The number of benzene rings is 2. The van der Waals surface area contributed by atoms with Gasteiger partial charge in [-0.3, -0.25) is 0 Å². The first-order chi connectivity index (χ1) is 11.0. The van der Waals surface area contributed by atoms with Gasteiger partial charge in [0.2, 0.25) is 16.8 Å². The molecule has 0 saturated heterocycles. The summed E-state index contributed by atoms with van der Waals surface area (Å²) in [5.74, 6) is 1.40. The van der Waals surface area contributed by atoms with E-state index >= 15 is 0 Å². The molecule has 1 aliphatic heterocycles. The van der Waals surface area contributed by atoms with Crippen LogP contribution in [-0.2, 0) is 16.4 Å². The molecule has 23 heavy (non-hydrogen) atoms. The van der Waals surface area contributed by atoms with E-state index in [2.05, 4.69) is 4.72 Å². The zero-order valence-electron chi connectivity index (χ0n) is 12.5. The second-order valence-electron chi connectivity index (χ2n) is 5.25. The van der Waals surface area contributed by atoms with Gasteiger partial charge in [-0.2, -0.15) is 0 Å². The van der Waals surface area contributed by atoms with Gasteiger partial charge in [-0.05, 0) is 48.7 Å². The smallest absolute Gasteiger partial charge is 0.240 e. The highest BCUT2D eigenvalue weighted by atomic mass is 35.5. The highest BCUT2D eigenvalue weighted by Crippen LogP contribution is 2.32. The van der Waals surface area contributed by atoms with Crippen LogP contribution < -0.4 is 14.2 Å². The zero-order valence-corrected chi connectivity index (χ0v) is 14.1. The first-order valence-corrected chi connectivity index (χ1v) is 8.96. The molecule has 7 heteroatoms. The topological polar surface area (TPSA) is 64.6 Å². The second-order valence-corrected chi connectivity index (χ2v) is 7.42.